The number of nitrogens with one attached hydrogen (secondary N) is 1. The lowest BCUT2D eigenvalue weighted by Crippen LogP contribution is -2.52. The van der Waals surface area contributed by atoms with Crippen LogP contribution in [0, 0.1) is 12.7 Å². The molecule has 0 atom stereocenters. The first-order chi connectivity index (χ1) is 15.6. The number of likely N-dealkylation sites (N-methyl/N-ethyl adjacent to an activating group) is 1. The van der Waals surface area contributed by atoms with E-state index in [0.717, 1.165) is 27.9 Å². The lowest BCUT2D eigenvalue weighted by Gasteiger charge is -2.39. The standard InChI is InChI=1S/C26H28FN3O3/c1-15-6-7-16(27)12-23(15)33-14-20-18(19-13-17(28)8-11-22(19)32-5)9-10-21-24(20)30(4)25(31)26(2,3)29-21/h6-13,29H,14,28H2,1-5H3. The summed E-state index contributed by atoms with van der Waals surface area (Å²) in [7, 11) is 3.35. The first kappa shape index (κ1) is 22.5. The number of anilines is 3. The molecule has 4 rings (SSSR count). The minimum Gasteiger partial charge on any atom is -0.496 e. The van der Waals surface area contributed by atoms with Crippen LogP contribution in [0.15, 0.2) is 48.5 Å². The summed E-state index contributed by atoms with van der Waals surface area (Å²) in [5, 5.41) is 3.33. The molecule has 3 aromatic carbocycles. The van der Waals surface area contributed by atoms with Crippen LogP contribution in [0.2, 0.25) is 0 Å². The summed E-state index contributed by atoms with van der Waals surface area (Å²) in [5.74, 6) is 0.635. The van der Waals surface area contributed by atoms with Gasteiger partial charge in [-0.15, -0.1) is 0 Å². The molecule has 172 valence electrons. The third kappa shape index (κ3) is 4.06. The first-order valence-electron chi connectivity index (χ1n) is 10.7. The van der Waals surface area contributed by atoms with Crippen LogP contribution in [0.5, 0.6) is 11.5 Å². The molecule has 1 aliphatic heterocycles. The number of hydrogen-bond donors (Lipinski definition) is 2. The molecule has 0 bridgehead atoms. The number of nitrogens with two attached hydrogens (primary N) is 1. The van der Waals surface area contributed by atoms with Gasteiger partial charge >= 0.3 is 0 Å². The molecule has 0 unspecified atom stereocenters. The second-order valence-electron chi connectivity index (χ2n) is 8.76. The average Bonchev–Trinajstić information content (AvgIpc) is 2.77. The second-order valence-corrected chi connectivity index (χ2v) is 8.76. The zero-order chi connectivity index (χ0) is 23.9. The Balaban J connectivity index is 1.90. The molecule has 1 amide bonds. The molecule has 0 aromatic heterocycles. The van der Waals surface area contributed by atoms with Crippen LogP contribution >= 0.6 is 0 Å². The van der Waals surface area contributed by atoms with Gasteiger partial charge in [-0.25, -0.2) is 4.39 Å². The monoisotopic (exact) mass is 449 g/mol. The number of amides is 1. The Labute approximate surface area is 193 Å². The summed E-state index contributed by atoms with van der Waals surface area (Å²) in [6.07, 6.45) is 0. The summed E-state index contributed by atoms with van der Waals surface area (Å²) >= 11 is 0. The fraction of sp³-hybridized carbons (Fsp3) is 0.269. The summed E-state index contributed by atoms with van der Waals surface area (Å²) < 4.78 is 25.5. The maximum atomic E-state index is 13.9. The van der Waals surface area contributed by atoms with Crippen LogP contribution < -0.4 is 25.4 Å². The number of carbonyl (C=O) groups excluding carboxylic acids is 1. The van der Waals surface area contributed by atoms with E-state index >= 15 is 0 Å². The molecule has 0 saturated carbocycles. The number of methoxy groups -OCH3 is 1. The number of benzene rings is 3. The van der Waals surface area contributed by atoms with E-state index in [-0.39, 0.29) is 18.3 Å². The fourth-order valence-corrected chi connectivity index (χ4v) is 4.25. The Morgan fingerprint density at radius 2 is 1.82 bits per heavy atom. The molecule has 0 aliphatic carbocycles. The van der Waals surface area contributed by atoms with Crippen molar-refractivity contribution in [3.05, 3.63) is 65.5 Å². The van der Waals surface area contributed by atoms with Gasteiger partial charge in [0, 0.05) is 29.9 Å². The Hall–Kier alpha value is -3.74. The zero-order valence-electron chi connectivity index (χ0n) is 19.5. The molecule has 0 fully saturated rings. The number of hydrogen-bond acceptors (Lipinski definition) is 5. The second kappa shape index (κ2) is 8.31. The van der Waals surface area contributed by atoms with Crippen molar-refractivity contribution in [1.82, 2.24) is 0 Å². The highest BCUT2D eigenvalue weighted by Gasteiger charge is 2.38. The van der Waals surface area contributed by atoms with E-state index in [0.29, 0.717) is 22.9 Å². The van der Waals surface area contributed by atoms with Crippen LogP contribution in [0.4, 0.5) is 21.5 Å². The predicted molar refractivity (Wildman–Crippen MR) is 129 cm³/mol. The van der Waals surface area contributed by atoms with Gasteiger partial charge in [-0.3, -0.25) is 4.79 Å². The van der Waals surface area contributed by atoms with Gasteiger partial charge in [-0.05, 0) is 62.2 Å². The van der Waals surface area contributed by atoms with Gasteiger partial charge in [0.05, 0.1) is 18.5 Å². The maximum Gasteiger partial charge on any atom is 0.251 e. The van der Waals surface area contributed by atoms with Gasteiger partial charge in [-0.1, -0.05) is 12.1 Å². The SMILES string of the molecule is COc1ccc(N)cc1-c1ccc2c(c1COc1cc(F)ccc1C)N(C)C(=O)C(C)(C)N2. The number of halogens is 1. The van der Waals surface area contributed by atoms with Crippen molar-refractivity contribution < 1.29 is 18.7 Å². The molecule has 0 saturated heterocycles. The smallest absolute Gasteiger partial charge is 0.251 e. The van der Waals surface area contributed by atoms with Gasteiger partial charge in [0.15, 0.2) is 0 Å². The van der Waals surface area contributed by atoms with Crippen molar-refractivity contribution >= 4 is 23.0 Å². The average molecular weight is 450 g/mol. The molecular formula is C26H28FN3O3. The van der Waals surface area contributed by atoms with E-state index in [1.54, 1.807) is 31.2 Å². The number of ether oxygens (including phenoxy) is 2. The number of aryl methyl sites for hydroxylation is 1. The number of fused-ring (bicyclic) bond motifs is 1. The molecule has 3 N–H and O–H groups in total. The summed E-state index contributed by atoms with van der Waals surface area (Å²) in [4.78, 5) is 14.7. The third-order valence-electron chi connectivity index (χ3n) is 5.94. The Morgan fingerprint density at radius 3 is 2.55 bits per heavy atom. The van der Waals surface area contributed by atoms with Crippen LogP contribution in [-0.4, -0.2) is 25.6 Å². The van der Waals surface area contributed by atoms with Crippen LogP contribution in [-0.2, 0) is 11.4 Å². The van der Waals surface area contributed by atoms with Crippen LogP contribution in [0.3, 0.4) is 0 Å². The van der Waals surface area contributed by atoms with Crippen molar-refractivity contribution in [2.45, 2.75) is 32.9 Å². The van der Waals surface area contributed by atoms with Gasteiger partial charge in [0.1, 0.15) is 29.5 Å². The molecule has 3 aromatic rings. The third-order valence-corrected chi connectivity index (χ3v) is 5.94. The summed E-state index contributed by atoms with van der Waals surface area (Å²) in [5.41, 5.74) is 10.6. The van der Waals surface area contributed by atoms with E-state index in [4.69, 9.17) is 15.2 Å². The predicted octanol–water partition coefficient (Wildman–Crippen LogP) is 5.14. The maximum absolute atomic E-state index is 13.9. The van der Waals surface area contributed by atoms with Gasteiger partial charge in [0.2, 0.25) is 0 Å². The normalized spacial score (nSPS) is 14.5. The molecule has 33 heavy (non-hydrogen) atoms. The zero-order valence-corrected chi connectivity index (χ0v) is 19.5. The largest absolute Gasteiger partial charge is 0.496 e. The van der Waals surface area contributed by atoms with Crippen molar-refractivity contribution in [1.29, 1.82) is 0 Å². The van der Waals surface area contributed by atoms with E-state index in [1.165, 1.54) is 12.1 Å². The van der Waals surface area contributed by atoms with E-state index in [9.17, 15) is 9.18 Å². The molecule has 7 heteroatoms. The molecule has 1 aliphatic rings. The van der Waals surface area contributed by atoms with Gasteiger partial charge in [0.25, 0.3) is 5.91 Å². The molecular weight excluding hydrogens is 421 g/mol. The Morgan fingerprint density at radius 1 is 1.06 bits per heavy atom. The minimum absolute atomic E-state index is 0.0742. The summed E-state index contributed by atoms with van der Waals surface area (Å²) in [6, 6.07) is 13.7. The van der Waals surface area contributed by atoms with Crippen molar-refractivity contribution in [3.8, 4) is 22.6 Å². The fourth-order valence-electron chi connectivity index (χ4n) is 4.25. The van der Waals surface area contributed by atoms with Gasteiger partial charge < -0.3 is 25.4 Å². The minimum atomic E-state index is -0.755. The molecule has 0 radical (unpaired) electrons. The lowest BCUT2D eigenvalue weighted by molar-refractivity contribution is -0.121. The highest BCUT2D eigenvalue weighted by molar-refractivity contribution is 6.08. The first-order valence-corrected chi connectivity index (χ1v) is 10.7. The Bertz CT molecular complexity index is 1240. The van der Waals surface area contributed by atoms with Crippen molar-refractivity contribution in [2.24, 2.45) is 0 Å². The van der Waals surface area contributed by atoms with Crippen molar-refractivity contribution in [2.75, 3.05) is 30.1 Å². The Kier molecular flexibility index (Phi) is 5.66. The highest BCUT2D eigenvalue weighted by Crippen LogP contribution is 2.44. The number of carbonyl (C=O) groups is 1. The number of rotatable bonds is 5. The van der Waals surface area contributed by atoms with E-state index < -0.39 is 5.54 Å². The lowest BCUT2D eigenvalue weighted by atomic mass is 9.91. The van der Waals surface area contributed by atoms with E-state index in [2.05, 4.69) is 5.32 Å². The van der Waals surface area contributed by atoms with Crippen LogP contribution in [0.1, 0.15) is 25.0 Å². The summed E-state index contributed by atoms with van der Waals surface area (Å²) in [6.45, 7) is 5.66. The quantitative estimate of drug-likeness (QED) is 0.528. The van der Waals surface area contributed by atoms with Crippen LogP contribution in [0.25, 0.3) is 11.1 Å². The van der Waals surface area contributed by atoms with Gasteiger partial charge in [-0.2, -0.15) is 0 Å². The highest BCUT2D eigenvalue weighted by atomic mass is 19.1. The molecule has 6 nitrogen and oxygen atoms in total. The number of nitrogen functional groups attached to an aromatic ring is 1. The molecule has 1 heterocycles. The number of nitrogens with zero attached hydrogens (tertiary/aromatic N) is 1. The topological polar surface area (TPSA) is 76.8 Å². The van der Waals surface area contributed by atoms with E-state index in [1.807, 2.05) is 45.0 Å². The van der Waals surface area contributed by atoms with Crippen molar-refractivity contribution in [3.63, 3.8) is 0 Å². The molecule has 0 spiro atoms.